The third-order valence-electron chi connectivity index (χ3n) is 2.13. The van der Waals surface area contributed by atoms with Crippen molar-refractivity contribution in [3.63, 3.8) is 0 Å². The third kappa shape index (κ3) is 1.66. The molecule has 0 saturated heterocycles. The van der Waals surface area contributed by atoms with Crippen molar-refractivity contribution in [1.82, 2.24) is 5.32 Å². The van der Waals surface area contributed by atoms with Gasteiger partial charge in [0.1, 0.15) is 5.82 Å². The van der Waals surface area contributed by atoms with E-state index in [0.717, 1.165) is 5.57 Å². The van der Waals surface area contributed by atoms with Gasteiger partial charge in [-0.15, -0.1) is 0 Å². The van der Waals surface area contributed by atoms with Crippen LogP contribution in [-0.4, -0.2) is 5.91 Å². The van der Waals surface area contributed by atoms with E-state index >= 15 is 0 Å². The van der Waals surface area contributed by atoms with Crippen LogP contribution in [0.2, 0.25) is 0 Å². The average molecular weight is 183 g/mol. The van der Waals surface area contributed by atoms with Gasteiger partial charge in [0, 0.05) is 7.00 Å². The van der Waals surface area contributed by atoms with E-state index in [0.29, 0.717) is 5.82 Å². The molecular formula is C9H17N3O. The molecule has 0 fully saturated rings. The van der Waals surface area contributed by atoms with Crippen molar-refractivity contribution in [1.29, 1.82) is 0 Å². The molecule has 1 rings (SSSR count). The lowest BCUT2D eigenvalue weighted by atomic mass is 9.89. The highest BCUT2D eigenvalue weighted by atomic mass is 16.2. The molecule has 1 amide bonds. The summed E-state index contributed by atoms with van der Waals surface area (Å²) in [5.41, 5.74) is 11.7. The van der Waals surface area contributed by atoms with Crippen LogP contribution in [0.15, 0.2) is 23.7 Å². The molecule has 1 unspecified atom stereocenters. The van der Waals surface area contributed by atoms with Gasteiger partial charge in [0.25, 0.3) is 0 Å². The van der Waals surface area contributed by atoms with Gasteiger partial charge in [-0.2, -0.15) is 0 Å². The summed E-state index contributed by atoms with van der Waals surface area (Å²) in [6, 6.07) is 0. The number of rotatable bonds is 2. The lowest BCUT2D eigenvalue weighted by Gasteiger charge is -2.12. The maximum Gasteiger partial charge on any atom is 0.233 e. The largest absolute Gasteiger partial charge is 0.405 e. The number of hydrogen-bond acceptors (Lipinski definition) is 3. The molecule has 0 aliphatic carbocycles. The number of nitrogens with one attached hydrogen (secondary N) is 1. The number of allylic oxidation sites excluding steroid dienone is 1. The summed E-state index contributed by atoms with van der Waals surface area (Å²) in [7, 11) is 0. The highest BCUT2D eigenvalue weighted by Gasteiger charge is 2.32. The van der Waals surface area contributed by atoms with Gasteiger partial charge >= 0.3 is 0 Å². The van der Waals surface area contributed by atoms with Gasteiger partial charge in [-0.1, -0.05) is 13.8 Å². The minimum Gasteiger partial charge on any atom is -0.405 e. The zero-order valence-corrected chi connectivity index (χ0v) is 7.87. The fourth-order valence-corrected chi connectivity index (χ4v) is 1.55. The fraction of sp³-hybridized carbons (Fsp3) is 0.444. The van der Waals surface area contributed by atoms with Crippen LogP contribution in [0.1, 0.15) is 15.3 Å². The lowest BCUT2D eigenvalue weighted by Crippen LogP contribution is -2.26. The molecule has 1 heterocycles. The summed E-state index contributed by atoms with van der Waals surface area (Å²) in [5, 5.41) is 2.59. The quantitative estimate of drug-likeness (QED) is 0.575. The highest BCUT2D eigenvalue weighted by molar-refractivity contribution is 5.87. The number of carbonyl (C=O) groups is 1. The van der Waals surface area contributed by atoms with Crippen LogP contribution >= 0.6 is 0 Å². The first kappa shape index (κ1) is 9.64. The van der Waals surface area contributed by atoms with Crippen LogP contribution < -0.4 is 16.8 Å². The molecule has 0 aromatic carbocycles. The second-order valence-corrected chi connectivity index (χ2v) is 3.44. The summed E-state index contributed by atoms with van der Waals surface area (Å²) >= 11 is 0. The first-order chi connectivity index (χ1) is 6.07. The van der Waals surface area contributed by atoms with Crippen molar-refractivity contribution in [2.24, 2.45) is 23.3 Å². The van der Waals surface area contributed by atoms with Gasteiger partial charge in [0.15, 0.2) is 0 Å². The maximum atomic E-state index is 11.4. The van der Waals surface area contributed by atoms with Gasteiger partial charge in [-0.3, -0.25) is 4.79 Å². The Labute approximate surface area is 79.1 Å². The van der Waals surface area contributed by atoms with Crippen LogP contribution in [0, 0.1) is 11.8 Å². The monoisotopic (exact) mass is 183 g/mol. The van der Waals surface area contributed by atoms with Gasteiger partial charge in [-0.25, -0.2) is 0 Å². The van der Waals surface area contributed by atoms with Gasteiger partial charge < -0.3 is 16.8 Å². The van der Waals surface area contributed by atoms with E-state index in [1.54, 1.807) is 6.08 Å². The number of carbonyl (C=O) groups excluding carboxylic acids is 1. The molecule has 1 atom stereocenters. The van der Waals surface area contributed by atoms with Crippen LogP contribution in [-0.2, 0) is 4.79 Å². The number of amides is 1. The Bertz CT molecular complexity index is 284. The first-order valence-corrected chi connectivity index (χ1v) is 4.26. The molecule has 0 saturated carbocycles. The summed E-state index contributed by atoms with van der Waals surface area (Å²) in [6.45, 7) is 3.96. The summed E-state index contributed by atoms with van der Waals surface area (Å²) in [4.78, 5) is 11.4. The Kier molecular flexibility index (Phi) is 2.60. The standard InChI is InChI=1S/C9H15N3O.H2/c1-5(2)7-6(3-4-10)8(11)12-9(7)13;/h3-5,7H,10-11H2,1-2H3,(H,12,13);1H/b4-3-;. The van der Waals surface area contributed by atoms with Crippen molar-refractivity contribution in [3.8, 4) is 0 Å². The molecule has 4 heteroatoms. The Hall–Kier alpha value is -1.45. The van der Waals surface area contributed by atoms with Crippen molar-refractivity contribution < 1.29 is 6.22 Å². The second-order valence-electron chi connectivity index (χ2n) is 3.44. The molecule has 0 aromatic rings. The van der Waals surface area contributed by atoms with Crippen LogP contribution in [0.3, 0.4) is 0 Å². The summed E-state index contributed by atoms with van der Waals surface area (Å²) < 4.78 is 0. The molecule has 1 aliphatic rings. The molecule has 4 nitrogen and oxygen atoms in total. The number of hydrogen-bond donors (Lipinski definition) is 3. The molecule has 1 aliphatic heterocycles. The highest BCUT2D eigenvalue weighted by Crippen LogP contribution is 2.27. The fourth-order valence-electron chi connectivity index (χ4n) is 1.55. The predicted octanol–water partition coefficient (Wildman–Crippen LogP) is 0.277. The smallest absolute Gasteiger partial charge is 0.233 e. The Morgan fingerprint density at radius 2 is 2.23 bits per heavy atom. The third-order valence-corrected chi connectivity index (χ3v) is 2.13. The Morgan fingerprint density at radius 1 is 1.62 bits per heavy atom. The van der Waals surface area contributed by atoms with Crippen molar-refractivity contribution in [3.05, 3.63) is 23.7 Å². The van der Waals surface area contributed by atoms with Crippen LogP contribution in [0.25, 0.3) is 0 Å². The van der Waals surface area contributed by atoms with E-state index in [1.165, 1.54) is 6.20 Å². The van der Waals surface area contributed by atoms with E-state index in [9.17, 15) is 4.79 Å². The van der Waals surface area contributed by atoms with Crippen molar-refractivity contribution in [2.75, 3.05) is 0 Å². The lowest BCUT2D eigenvalue weighted by molar-refractivity contribution is -0.123. The van der Waals surface area contributed by atoms with E-state index in [4.69, 9.17) is 11.5 Å². The number of nitrogens with two attached hydrogens (primary N) is 2. The Morgan fingerprint density at radius 3 is 2.69 bits per heavy atom. The molecule has 5 N–H and O–H groups in total. The minimum absolute atomic E-state index is 0. The van der Waals surface area contributed by atoms with Crippen molar-refractivity contribution in [2.45, 2.75) is 13.8 Å². The van der Waals surface area contributed by atoms with Gasteiger partial charge in [-0.05, 0) is 18.2 Å². The summed E-state index contributed by atoms with van der Waals surface area (Å²) in [6.07, 6.45) is 3.08. The molecule has 0 bridgehead atoms. The molecule has 0 spiro atoms. The maximum absolute atomic E-state index is 11.4. The SMILES string of the molecule is CC(C)C1C(=O)NC(N)=C1/C=C\N.[HH]. The van der Waals surface area contributed by atoms with Crippen molar-refractivity contribution >= 4 is 5.91 Å². The zero-order valence-electron chi connectivity index (χ0n) is 7.87. The van der Waals surface area contributed by atoms with Gasteiger partial charge in [0.2, 0.25) is 5.91 Å². The van der Waals surface area contributed by atoms with E-state index < -0.39 is 0 Å². The van der Waals surface area contributed by atoms with Gasteiger partial charge in [0.05, 0.1) is 5.92 Å². The molecule has 13 heavy (non-hydrogen) atoms. The zero-order chi connectivity index (χ0) is 10.0. The van der Waals surface area contributed by atoms with E-state index in [1.807, 2.05) is 13.8 Å². The molecule has 74 valence electrons. The normalized spacial score (nSPS) is 23.3. The topological polar surface area (TPSA) is 81.1 Å². The van der Waals surface area contributed by atoms with Crippen LogP contribution in [0.5, 0.6) is 0 Å². The molecule has 0 aromatic heterocycles. The minimum atomic E-state index is -0.167. The predicted molar refractivity (Wildman–Crippen MR) is 53.1 cm³/mol. The van der Waals surface area contributed by atoms with E-state index in [2.05, 4.69) is 5.32 Å². The first-order valence-electron chi connectivity index (χ1n) is 4.26. The summed E-state index contributed by atoms with van der Waals surface area (Å²) in [5.74, 6) is 0.443. The van der Waals surface area contributed by atoms with E-state index in [-0.39, 0.29) is 19.2 Å². The second kappa shape index (κ2) is 3.51. The molecular weight excluding hydrogens is 166 g/mol. The molecule has 0 radical (unpaired) electrons. The average Bonchev–Trinajstić information content (AvgIpc) is 2.27. The Balaban J connectivity index is 0.00000169. The van der Waals surface area contributed by atoms with Crippen LogP contribution in [0.4, 0.5) is 0 Å².